The van der Waals surface area contributed by atoms with Gasteiger partial charge in [0.2, 0.25) is 0 Å². The fourth-order valence-electron chi connectivity index (χ4n) is 3.62. The molecule has 34 heavy (non-hydrogen) atoms. The lowest BCUT2D eigenvalue weighted by Gasteiger charge is -2.14. The summed E-state index contributed by atoms with van der Waals surface area (Å²) in [6, 6.07) is 18.0. The van der Waals surface area contributed by atoms with Crippen molar-refractivity contribution in [2.45, 2.75) is 27.3 Å². The van der Waals surface area contributed by atoms with Crippen LogP contribution in [-0.2, 0) is 16.1 Å². The number of nitrogens with one attached hydrogen (secondary N) is 1. The zero-order valence-electron chi connectivity index (χ0n) is 19.5. The largest absolute Gasteiger partial charge is 0.494 e. The van der Waals surface area contributed by atoms with Crippen LogP contribution in [0.5, 0.6) is 11.5 Å². The summed E-state index contributed by atoms with van der Waals surface area (Å²) in [6.07, 6.45) is 1.52. The number of furan rings is 1. The predicted molar refractivity (Wildman–Crippen MR) is 129 cm³/mol. The highest BCUT2D eigenvalue weighted by atomic mass is 16.5. The highest BCUT2D eigenvalue weighted by molar-refractivity contribution is 6.36. The molecule has 2 aromatic carbocycles. The van der Waals surface area contributed by atoms with Gasteiger partial charge in [0.15, 0.2) is 0 Å². The molecule has 4 rings (SSSR count). The number of rotatable bonds is 10. The number of amides is 2. The van der Waals surface area contributed by atoms with Crippen molar-refractivity contribution in [2.75, 3.05) is 18.5 Å². The molecular formula is C27H28N2O5. The van der Waals surface area contributed by atoms with Crippen LogP contribution in [0.4, 0.5) is 5.69 Å². The number of nitrogens with zero attached hydrogens (tertiary/aromatic N) is 1. The van der Waals surface area contributed by atoms with Gasteiger partial charge in [-0.3, -0.25) is 14.5 Å². The highest BCUT2D eigenvalue weighted by Gasteiger charge is 2.39. The fourth-order valence-corrected chi connectivity index (χ4v) is 3.62. The Bertz CT molecular complexity index is 1180. The number of benzene rings is 2. The van der Waals surface area contributed by atoms with E-state index in [9.17, 15) is 9.59 Å². The van der Waals surface area contributed by atoms with Crippen LogP contribution in [0, 0.1) is 5.92 Å². The molecule has 2 heterocycles. The van der Waals surface area contributed by atoms with E-state index in [4.69, 9.17) is 13.9 Å². The molecule has 0 bridgehead atoms. The maximum Gasteiger partial charge on any atom is 0.278 e. The number of hydrogen-bond donors (Lipinski definition) is 1. The molecule has 0 unspecified atom stereocenters. The smallest absolute Gasteiger partial charge is 0.278 e. The summed E-state index contributed by atoms with van der Waals surface area (Å²) in [5.41, 5.74) is 1.78. The molecular weight excluding hydrogens is 432 g/mol. The van der Waals surface area contributed by atoms with Gasteiger partial charge >= 0.3 is 0 Å². The van der Waals surface area contributed by atoms with E-state index in [1.54, 1.807) is 30.3 Å². The number of carbonyl (C=O) groups excluding carboxylic acids is 2. The number of carbonyl (C=O) groups is 2. The fraction of sp³-hybridized carbons (Fsp3) is 0.259. The Morgan fingerprint density at radius 3 is 2.41 bits per heavy atom. The first-order chi connectivity index (χ1) is 16.5. The first-order valence-corrected chi connectivity index (χ1v) is 11.3. The lowest BCUT2D eigenvalue weighted by atomic mass is 10.0. The maximum atomic E-state index is 13.4. The van der Waals surface area contributed by atoms with Crippen LogP contribution in [-0.4, -0.2) is 29.9 Å². The summed E-state index contributed by atoms with van der Waals surface area (Å²) in [6.45, 7) is 7.23. The second-order valence-electron chi connectivity index (χ2n) is 8.34. The molecule has 1 aliphatic rings. The first kappa shape index (κ1) is 23.2. The van der Waals surface area contributed by atoms with Gasteiger partial charge < -0.3 is 19.2 Å². The van der Waals surface area contributed by atoms with Crippen molar-refractivity contribution >= 4 is 23.1 Å². The molecule has 0 radical (unpaired) electrons. The van der Waals surface area contributed by atoms with Gasteiger partial charge in [0.25, 0.3) is 11.8 Å². The molecule has 2 amide bonds. The zero-order valence-corrected chi connectivity index (χ0v) is 19.5. The molecule has 0 fully saturated rings. The van der Waals surface area contributed by atoms with Crippen molar-refractivity contribution in [3.05, 3.63) is 83.9 Å². The number of hydrogen-bond acceptors (Lipinski definition) is 6. The molecule has 0 spiro atoms. The minimum atomic E-state index is -0.418. The Labute approximate surface area is 199 Å². The third-order valence-corrected chi connectivity index (χ3v) is 5.20. The summed E-state index contributed by atoms with van der Waals surface area (Å²) in [5.74, 6) is 1.50. The molecule has 176 valence electrons. The van der Waals surface area contributed by atoms with Crippen LogP contribution in [0.1, 0.15) is 32.1 Å². The molecule has 3 aromatic rings. The third-order valence-electron chi connectivity index (χ3n) is 5.20. The van der Waals surface area contributed by atoms with Crippen molar-refractivity contribution in [2.24, 2.45) is 5.92 Å². The predicted octanol–water partition coefficient (Wildman–Crippen LogP) is 5.11. The molecule has 0 aliphatic carbocycles. The Kier molecular flexibility index (Phi) is 7.01. The van der Waals surface area contributed by atoms with E-state index in [2.05, 4.69) is 19.2 Å². The second kappa shape index (κ2) is 10.3. The molecule has 1 aliphatic heterocycles. The Hall–Kier alpha value is -4.00. The molecule has 0 atom stereocenters. The first-order valence-electron chi connectivity index (χ1n) is 11.3. The van der Waals surface area contributed by atoms with Crippen LogP contribution in [0.25, 0.3) is 5.57 Å². The zero-order chi connectivity index (χ0) is 24.1. The third kappa shape index (κ3) is 5.14. The molecule has 1 aromatic heterocycles. The number of anilines is 1. The van der Waals surface area contributed by atoms with Gasteiger partial charge in [-0.2, -0.15) is 0 Å². The number of imide groups is 1. The van der Waals surface area contributed by atoms with Crippen LogP contribution < -0.4 is 14.8 Å². The summed E-state index contributed by atoms with van der Waals surface area (Å²) in [4.78, 5) is 28.0. The quantitative estimate of drug-likeness (QED) is 0.424. The van der Waals surface area contributed by atoms with Crippen molar-refractivity contribution in [1.82, 2.24) is 4.90 Å². The molecule has 7 nitrogen and oxygen atoms in total. The van der Waals surface area contributed by atoms with Crippen molar-refractivity contribution in [1.29, 1.82) is 0 Å². The lowest BCUT2D eigenvalue weighted by molar-refractivity contribution is -0.137. The molecule has 0 saturated heterocycles. The van der Waals surface area contributed by atoms with Crippen molar-refractivity contribution in [3.8, 4) is 11.5 Å². The molecule has 1 N–H and O–H groups in total. The highest BCUT2D eigenvalue weighted by Crippen LogP contribution is 2.33. The molecule has 7 heteroatoms. The van der Waals surface area contributed by atoms with E-state index >= 15 is 0 Å². The van der Waals surface area contributed by atoms with Crippen LogP contribution in [0.2, 0.25) is 0 Å². The van der Waals surface area contributed by atoms with E-state index in [1.165, 1.54) is 11.2 Å². The van der Waals surface area contributed by atoms with Crippen LogP contribution in [0.3, 0.4) is 0 Å². The van der Waals surface area contributed by atoms with Crippen LogP contribution in [0.15, 0.2) is 77.0 Å². The summed E-state index contributed by atoms with van der Waals surface area (Å²) in [5, 5.41) is 3.16. The van der Waals surface area contributed by atoms with Crippen molar-refractivity contribution in [3.63, 3.8) is 0 Å². The van der Waals surface area contributed by atoms with E-state index in [0.29, 0.717) is 53.2 Å². The van der Waals surface area contributed by atoms with Gasteiger partial charge in [-0.1, -0.05) is 32.0 Å². The van der Waals surface area contributed by atoms with E-state index in [0.717, 1.165) is 0 Å². The summed E-state index contributed by atoms with van der Waals surface area (Å²) >= 11 is 0. The van der Waals surface area contributed by atoms with E-state index in [-0.39, 0.29) is 18.1 Å². The average Bonchev–Trinajstić information content (AvgIpc) is 3.42. The normalized spacial score (nSPS) is 13.7. The summed E-state index contributed by atoms with van der Waals surface area (Å²) in [7, 11) is 0. The Morgan fingerprint density at radius 2 is 1.74 bits per heavy atom. The summed E-state index contributed by atoms with van der Waals surface area (Å²) < 4.78 is 16.7. The second-order valence-corrected chi connectivity index (χ2v) is 8.34. The minimum Gasteiger partial charge on any atom is -0.494 e. The van der Waals surface area contributed by atoms with Gasteiger partial charge in [-0.25, -0.2) is 0 Å². The molecule has 0 saturated carbocycles. The minimum absolute atomic E-state index is 0.0495. The topological polar surface area (TPSA) is 81.0 Å². The van der Waals surface area contributed by atoms with Gasteiger partial charge in [0, 0.05) is 11.8 Å². The van der Waals surface area contributed by atoms with Gasteiger partial charge in [-0.05, 0) is 54.8 Å². The van der Waals surface area contributed by atoms with Gasteiger partial charge in [-0.15, -0.1) is 0 Å². The van der Waals surface area contributed by atoms with Crippen molar-refractivity contribution < 1.29 is 23.5 Å². The van der Waals surface area contributed by atoms with Crippen LogP contribution >= 0.6 is 0 Å². The SMILES string of the molecule is CCOc1cccc(NC2=C(c3ccc(OCC(C)C)cc3)C(=O)N(Cc3ccco3)C2=O)c1. The standard InChI is InChI=1S/C27H28N2O5/c1-4-32-22-8-5-7-20(15-22)28-25-24(19-10-12-21(13-11-19)34-17-18(2)3)26(30)29(27(25)31)16-23-9-6-14-33-23/h5-15,18,28H,4,16-17H2,1-3H3. The van der Waals surface area contributed by atoms with E-state index < -0.39 is 5.91 Å². The maximum absolute atomic E-state index is 13.4. The average molecular weight is 461 g/mol. The monoisotopic (exact) mass is 460 g/mol. The number of ether oxygens (including phenoxy) is 2. The van der Waals surface area contributed by atoms with E-state index in [1.807, 2.05) is 37.3 Å². The van der Waals surface area contributed by atoms with Gasteiger partial charge in [0.05, 0.1) is 31.6 Å². The van der Waals surface area contributed by atoms with Gasteiger partial charge in [0.1, 0.15) is 23.0 Å². The lowest BCUT2D eigenvalue weighted by Crippen LogP contribution is -2.31. The Balaban J connectivity index is 1.67. The Morgan fingerprint density at radius 1 is 0.941 bits per heavy atom.